The number of nitrogens with one attached hydrogen (secondary N) is 2. The molecule has 0 saturated carbocycles. The van der Waals surface area contributed by atoms with Crippen molar-refractivity contribution in [3.8, 4) is 0 Å². The molecule has 1 amide bonds. The van der Waals surface area contributed by atoms with E-state index in [4.69, 9.17) is 32.3 Å². The van der Waals surface area contributed by atoms with Crippen LogP contribution in [0.4, 0.5) is 0 Å². The quantitative estimate of drug-likeness (QED) is 0.00908. The normalized spacial score (nSPS) is 11.1. The zero-order chi connectivity index (χ0) is 33.9. The van der Waals surface area contributed by atoms with Crippen LogP contribution in [0.25, 0.3) is 0 Å². The van der Waals surface area contributed by atoms with E-state index in [-0.39, 0.29) is 12.1 Å². The highest BCUT2D eigenvalue weighted by Gasteiger charge is 2.10. The van der Waals surface area contributed by atoms with E-state index in [1.54, 1.807) is 5.48 Å². The predicted octanol–water partition coefficient (Wildman–Crippen LogP) is 9.47. The highest BCUT2D eigenvalue weighted by atomic mass is 32.1. The van der Waals surface area contributed by atoms with Crippen molar-refractivity contribution in [3.05, 3.63) is 0 Å². The molecule has 12 heteroatoms. The number of thiol groups is 1. The van der Waals surface area contributed by atoms with E-state index in [0.29, 0.717) is 23.6 Å². The van der Waals surface area contributed by atoms with Crippen LogP contribution < -0.4 is 10.8 Å². The van der Waals surface area contributed by atoms with Crippen LogP contribution in [0, 0.1) is 0 Å². The lowest BCUT2D eigenvalue weighted by atomic mass is 10.0. The highest BCUT2D eigenvalue weighted by Crippen LogP contribution is 2.35. The minimum Gasteiger partial charge on any atom is -0.481 e. The number of hydrogen-bond acceptors (Lipinski definition) is 5. The summed E-state index contributed by atoms with van der Waals surface area (Å²) in [5.74, 6) is -0.965. The average molecular weight is 699 g/mol. The Balaban J connectivity index is 0. The fourth-order valence-electron chi connectivity index (χ4n) is 5.14. The second-order valence-electron chi connectivity index (χ2n) is 12.2. The Bertz CT molecular complexity index is 714. The summed E-state index contributed by atoms with van der Waals surface area (Å²) in [6.07, 6.45) is 31.2. The molecular formula is C33H67N2O7PS2. The smallest absolute Gasteiger partial charge is 0.325 e. The van der Waals surface area contributed by atoms with Gasteiger partial charge in [-0.1, -0.05) is 153 Å². The van der Waals surface area contributed by atoms with Gasteiger partial charge in [0.1, 0.15) is 4.32 Å². The standard InChI is InChI=1S/C17H33NO2S2.C16H34NO5P/c19-16(20)14-12-10-8-6-4-2-1-3-5-7-9-11-13-15-18-17(21)22;18-16(17-19)14-12-10-8-6-4-2-1-3-5-7-9-11-13-15-23(20,21)22/h1-15H2,(H,19,20)(H2,18,21,22);19H,1-15H2,(H,17,18)(H2,20,21,22). The second-order valence-corrected chi connectivity index (χ2v) is 15.2. The summed E-state index contributed by atoms with van der Waals surface area (Å²) in [5.41, 5.74) is 1.64. The molecule has 0 aliphatic heterocycles. The van der Waals surface area contributed by atoms with Crippen LogP contribution in [0.3, 0.4) is 0 Å². The first-order valence-electron chi connectivity index (χ1n) is 17.7. The molecule has 0 atom stereocenters. The lowest BCUT2D eigenvalue weighted by Gasteiger charge is -2.04. The molecule has 0 heterocycles. The van der Waals surface area contributed by atoms with Crippen molar-refractivity contribution in [3.63, 3.8) is 0 Å². The van der Waals surface area contributed by atoms with Crippen LogP contribution in [0.2, 0.25) is 0 Å². The Morgan fingerprint density at radius 3 is 1.18 bits per heavy atom. The predicted molar refractivity (Wildman–Crippen MR) is 193 cm³/mol. The number of carboxylic acids is 1. The van der Waals surface area contributed by atoms with Gasteiger partial charge in [0.15, 0.2) is 0 Å². The number of rotatable bonds is 32. The zero-order valence-electron chi connectivity index (χ0n) is 28.0. The number of aliphatic carboxylic acids is 1. The van der Waals surface area contributed by atoms with Gasteiger partial charge in [-0.15, -0.1) is 12.6 Å². The van der Waals surface area contributed by atoms with Gasteiger partial charge in [0.25, 0.3) is 0 Å². The maximum Gasteiger partial charge on any atom is 0.325 e. The molecule has 0 rings (SSSR count). The molecule has 0 spiro atoms. The fourth-order valence-corrected chi connectivity index (χ4v) is 5.99. The Hall–Kier alpha value is -0.710. The molecule has 268 valence electrons. The van der Waals surface area contributed by atoms with Crippen LogP contribution in [0.1, 0.15) is 180 Å². The lowest BCUT2D eigenvalue weighted by Crippen LogP contribution is -2.17. The van der Waals surface area contributed by atoms with Gasteiger partial charge in [-0.3, -0.25) is 19.4 Å². The molecule has 0 saturated heterocycles. The van der Waals surface area contributed by atoms with E-state index in [1.165, 1.54) is 109 Å². The topological polar surface area (TPSA) is 156 Å². The Morgan fingerprint density at radius 2 is 0.867 bits per heavy atom. The van der Waals surface area contributed by atoms with Gasteiger partial charge in [-0.05, 0) is 25.7 Å². The molecule has 0 unspecified atom stereocenters. The molecule has 0 aromatic rings. The Morgan fingerprint density at radius 1 is 0.556 bits per heavy atom. The van der Waals surface area contributed by atoms with Crippen molar-refractivity contribution in [2.75, 3.05) is 12.7 Å². The van der Waals surface area contributed by atoms with Gasteiger partial charge in [0.2, 0.25) is 5.91 Å². The van der Waals surface area contributed by atoms with Crippen LogP contribution >= 0.6 is 32.4 Å². The summed E-state index contributed by atoms with van der Waals surface area (Å²) in [4.78, 5) is 38.6. The molecule has 6 N–H and O–H groups in total. The summed E-state index contributed by atoms with van der Waals surface area (Å²) < 4.78 is 11.3. The average Bonchev–Trinajstić information content (AvgIpc) is 2.98. The Labute approximate surface area is 285 Å². The molecular weight excluding hydrogens is 631 g/mol. The molecule has 45 heavy (non-hydrogen) atoms. The molecule has 0 aromatic carbocycles. The number of hydrogen-bond donors (Lipinski definition) is 7. The number of amides is 1. The maximum absolute atomic E-state index is 10.8. The van der Waals surface area contributed by atoms with Crippen LogP contribution in [-0.4, -0.2) is 49.0 Å². The van der Waals surface area contributed by atoms with Gasteiger partial charge < -0.3 is 20.2 Å². The van der Waals surface area contributed by atoms with E-state index >= 15 is 0 Å². The number of carboxylic acid groups (broad SMARTS) is 1. The summed E-state index contributed by atoms with van der Waals surface area (Å²) in [6.45, 7) is 0.953. The van der Waals surface area contributed by atoms with Crippen molar-refractivity contribution in [1.82, 2.24) is 10.8 Å². The molecule has 0 fully saturated rings. The monoisotopic (exact) mass is 698 g/mol. The number of thiocarbonyl (C=S) groups is 1. The van der Waals surface area contributed by atoms with Gasteiger partial charge in [-0.2, -0.15) is 0 Å². The Kier molecular flexibility index (Phi) is 37.3. The van der Waals surface area contributed by atoms with Gasteiger partial charge in [0, 0.05) is 25.5 Å². The third kappa shape index (κ3) is 47.8. The van der Waals surface area contributed by atoms with Crippen molar-refractivity contribution < 1.29 is 34.3 Å². The minimum atomic E-state index is -3.79. The number of carbonyl (C=O) groups excluding carboxylic acids is 1. The zero-order valence-corrected chi connectivity index (χ0v) is 30.6. The molecule has 9 nitrogen and oxygen atoms in total. The molecule has 0 aliphatic carbocycles. The van der Waals surface area contributed by atoms with E-state index in [0.717, 1.165) is 57.9 Å². The summed E-state index contributed by atoms with van der Waals surface area (Å²) >= 11 is 8.86. The van der Waals surface area contributed by atoms with Crippen LogP contribution in [0.15, 0.2) is 0 Å². The number of unbranched alkanes of at least 4 members (excludes halogenated alkanes) is 24. The van der Waals surface area contributed by atoms with Crippen molar-refractivity contribution in [1.29, 1.82) is 0 Å². The van der Waals surface area contributed by atoms with Crippen molar-refractivity contribution in [2.45, 2.75) is 180 Å². The number of carbonyl (C=O) groups is 2. The van der Waals surface area contributed by atoms with Crippen LogP contribution in [0.5, 0.6) is 0 Å². The van der Waals surface area contributed by atoms with Gasteiger partial charge in [-0.25, -0.2) is 5.48 Å². The van der Waals surface area contributed by atoms with Gasteiger partial charge >= 0.3 is 13.6 Å². The largest absolute Gasteiger partial charge is 0.481 e. The first-order valence-corrected chi connectivity index (χ1v) is 20.4. The van der Waals surface area contributed by atoms with E-state index < -0.39 is 13.6 Å². The third-order valence-corrected chi connectivity index (χ3v) is 9.02. The van der Waals surface area contributed by atoms with E-state index in [9.17, 15) is 14.2 Å². The maximum atomic E-state index is 10.8. The minimum absolute atomic E-state index is 0.0255. The van der Waals surface area contributed by atoms with Crippen LogP contribution in [-0.2, 0) is 14.2 Å². The SMILES string of the molecule is O=C(CCCCCCCCCCCCCCCP(=O)(O)O)NO.O=C(O)CCCCCCCCCCCCCCCNC(=S)S. The lowest BCUT2D eigenvalue weighted by molar-refractivity contribution is -0.137. The molecule has 0 aromatic heterocycles. The molecule has 0 radical (unpaired) electrons. The first kappa shape index (κ1) is 46.4. The highest BCUT2D eigenvalue weighted by molar-refractivity contribution is 8.11. The first-order chi connectivity index (χ1) is 21.6. The summed E-state index contributed by atoms with van der Waals surface area (Å²) in [5, 5.41) is 19.9. The number of hydroxylamine groups is 1. The van der Waals surface area contributed by atoms with E-state index in [1.807, 2.05) is 0 Å². The fraction of sp³-hybridized carbons (Fsp3) is 0.909. The van der Waals surface area contributed by atoms with Crippen molar-refractivity contribution >= 4 is 48.6 Å². The van der Waals surface area contributed by atoms with Gasteiger partial charge in [0.05, 0.1) is 0 Å². The molecule has 0 aliphatic rings. The van der Waals surface area contributed by atoms with Crippen molar-refractivity contribution in [2.24, 2.45) is 0 Å². The molecule has 0 bridgehead atoms. The summed E-state index contributed by atoms with van der Waals surface area (Å²) in [6, 6.07) is 0. The summed E-state index contributed by atoms with van der Waals surface area (Å²) in [7, 11) is -3.79. The van der Waals surface area contributed by atoms with E-state index in [2.05, 4.69) is 17.9 Å². The second kappa shape index (κ2) is 36.1. The third-order valence-electron chi connectivity index (χ3n) is 7.82.